The highest BCUT2D eigenvalue weighted by molar-refractivity contribution is 6.32. The van der Waals surface area contributed by atoms with E-state index in [0.29, 0.717) is 5.65 Å². The summed E-state index contributed by atoms with van der Waals surface area (Å²) in [7, 11) is 0. The van der Waals surface area contributed by atoms with Gasteiger partial charge in [-0.15, -0.1) is 0 Å². The standard InChI is InChI=1S/C13H13ClF3N3O2/c14-11-10(20-6-2-1-4-9(20)19-11)12(21)18-5-3-7-22-8-13(15,16)17/h1-2,4,6H,3,5,7-8H2,(H,18,21). The van der Waals surface area contributed by atoms with Crippen LogP contribution < -0.4 is 5.32 Å². The van der Waals surface area contributed by atoms with E-state index in [4.69, 9.17) is 11.6 Å². The molecule has 1 N–H and O–H groups in total. The Labute approximate surface area is 129 Å². The second kappa shape index (κ2) is 6.97. The Morgan fingerprint density at radius 1 is 1.41 bits per heavy atom. The number of nitrogens with zero attached hydrogens (tertiary/aromatic N) is 2. The van der Waals surface area contributed by atoms with E-state index >= 15 is 0 Å². The van der Waals surface area contributed by atoms with Crippen molar-refractivity contribution >= 4 is 23.2 Å². The average Bonchev–Trinajstić information content (AvgIpc) is 2.77. The van der Waals surface area contributed by atoms with Crippen molar-refractivity contribution in [1.29, 1.82) is 0 Å². The number of amides is 1. The maximum absolute atomic E-state index is 12.1. The number of fused-ring (bicyclic) bond motifs is 1. The van der Waals surface area contributed by atoms with Crippen LogP contribution in [0.4, 0.5) is 13.2 Å². The molecule has 2 rings (SSSR count). The molecular formula is C13H13ClF3N3O2. The predicted molar refractivity (Wildman–Crippen MR) is 74.0 cm³/mol. The van der Waals surface area contributed by atoms with Crippen molar-refractivity contribution in [3.63, 3.8) is 0 Å². The van der Waals surface area contributed by atoms with Gasteiger partial charge in [-0.25, -0.2) is 4.98 Å². The highest BCUT2D eigenvalue weighted by atomic mass is 35.5. The van der Waals surface area contributed by atoms with Crippen molar-refractivity contribution in [2.45, 2.75) is 12.6 Å². The highest BCUT2D eigenvalue weighted by Gasteiger charge is 2.27. The quantitative estimate of drug-likeness (QED) is 0.826. The number of carbonyl (C=O) groups is 1. The lowest BCUT2D eigenvalue weighted by Gasteiger charge is -2.08. The van der Waals surface area contributed by atoms with Crippen LogP contribution in [0.1, 0.15) is 16.9 Å². The van der Waals surface area contributed by atoms with Crippen LogP contribution in [0.15, 0.2) is 24.4 Å². The molecule has 0 fully saturated rings. The summed E-state index contributed by atoms with van der Waals surface area (Å²) in [5.41, 5.74) is 0.722. The summed E-state index contributed by atoms with van der Waals surface area (Å²) in [5.74, 6) is -0.445. The zero-order valence-electron chi connectivity index (χ0n) is 11.4. The fraction of sp³-hybridized carbons (Fsp3) is 0.385. The van der Waals surface area contributed by atoms with E-state index < -0.39 is 18.7 Å². The first-order chi connectivity index (χ1) is 10.4. The van der Waals surface area contributed by atoms with Crippen LogP contribution in [0.3, 0.4) is 0 Å². The maximum atomic E-state index is 12.1. The Bertz CT molecular complexity index is 658. The van der Waals surface area contributed by atoms with Gasteiger partial charge in [0.1, 0.15) is 12.3 Å². The zero-order valence-corrected chi connectivity index (χ0v) is 12.1. The minimum atomic E-state index is -4.34. The topological polar surface area (TPSA) is 55.6 Å². The van der Waals surface area contributed by atoms with Crippen molar-refractivity contribution in [2.75, 3.05) is 19.8 Å². The third-order valence-corrected chi connectivity index (χ3v) is 2.98. The van der Waals surface area contributed by atoms with Gasteiger partial charge in [0.2, 0.25) is 0 Å². The Morgan fingerprint density at radius 2 is 2.18 bits per heavy atom. The van der Waals surface area contributed by atoms with E-state index in [1.54, 1.807) is 24.4 Å². The molecule has 0 bridgehead atoms. The number of halogens is 4. The SMILES string of the molecule is O=C(NCCCOCC(F)(F)F)c1c(Cl)nc2ccccn12. The smallest absolute Gasteiger partial charge is 0.372 e. The fourth-order valence-corrected chi connectivity index (χ4v) is 2.08. The molecule has 2 heterocycles. The number of alkyl halides is 3. The molecule has 5 nitrogen and oxygen atoms in total. The minimum Gasteiger partial charge on any atom is -0.372 e. The van der Waals surface area contributed by atoms with Crippen LogP contribution in [0.5, 0.6) is 0 Å². The summed E-state index contributed by atoms with van der Waals surface area (Å²) >= 11 is 5.93. The fourth-order valence-electron chi connectivity index (χ4n) is 1.82. The lowest BCUT2D eigenvalue weighted by molar-refractivity contribution is -0.173. The van der Waals surface area contributed by atoms with Gasteiger partial charge in [0.15, 0.2) is 10.8 Å². The highest BCUT2D eigenvalue weighted by Crippen LogP contribution is 2.17. The van der Waals surface area contributed by atoms with Crippen LogP contribution >= 0.6 is 11.6 Å². The summed E-state index contributed by atoms with van der Waals surface area (Å²) in [5, 5.41) is 2.64. The molecule has 0 atom stereocenters. The Balaban J connectivity index is 1.83. The molecule has 0 aliphatic carbocycles. The van der Waals surface area contributed by atoms with Gasteiger partial charge >= 0.3 is 6.18 Å². The average molecular weight is 336 g/mol. The van der Waals surface area contributed by atoms with Crippen molar-refractivity contribution in [3.05, 3.63) is 35.2 Å². The van der Waals surface area contributed by atoms with Gasteiger partial charge in [-0.2, -0.15) is 13.2 Å². The number of ether oxygens (including phenoxy) is 1. The maximum Gasteiger partial charge on any atom is 0.411 e. The molecule has 0 aromatic carbocycles. The molecule has 120 valence electrons. The number of rotatable bonds is 6. The molecule has 9 heteroatoms. The van der Waals surface area contributed by atoms with Crippen LogP contribution in [-0.2, 0) is 4.74 Å². The van der Waals surface area contributed by atoms with Gasteiger partial charge in [0.05, 0.1) is 0 Å². The number of hydrogen-bond donors (Lipinski definition) is 1. The first-order valence-corrected chi connectivity index (χ1v) is 6.81. The monoisotopic (exact) mass is 335 g/mol. The lowest BCUT2D eigenvalue weighted by atomic mass is 10.4. The Kier molecular flexibility index (Phi) is 5.25. The Hall–Kier alpha value is -1.80. The third kappa shape index (κ3) is 4.35. The molecule has 0 saturated carbocycles. The summed E-state index contributed by atoms with van der Waals surface area (Å²) in [4.78, 5) is 16.1. The number of imidazole rings is 1. The molecular weight excluding hydrogens is 323 g/mol. The van der Waals surface area contributed by atoms with Crippen LogP contribution in [-0.4, -0.2) is 41.2 Å². The number of carbonyl (C=O) groups excluding carboxylic acids is 1. The van der Waals surface area contributed by atoms with Gasteiger partial charge in [-0.1, -0.05) is 17.7 Å². The second-order valence-corrected chi connectivity index (χ2v) is 4.82. The Morgan fingerprint density at radius 3 is 2.91 bits per heavy atom. The normalized spacial score (nSPS) is 11.8. The summed E-state index contributed by atoms with van der Waals surface area (Å²) in [6.45, 7) is -1.21. The molecule has 0 spiro atoms. The van der Waals surface area contributed by atoms with Crippen molar-refractivity contribution in [2.24, 2.45) is 0 Å². The first kappa shape index (κ1) is 16.6. The van der Waals surface area contributed by atoms with E-state index in [9.17, 15) is 18.0 Å². The minimum absolute atomic E-state index is 0.0667. The predicted octanol–water partition coefficient (Wildman–Crippen LogP) is 2.69. The molecule has 22 heavy (non-hydrogen) atoms. The van der Waals surface area contributed by atoms with E-state index in [-0.39, 0.29) is 30.4 Å². The number of hydrogen-bond acceptors (Lipinski definition) is 3. The first-order valence-electron chi connectivity index (χ1n) is 6.44. The summed E-state index contributed by atoms with van der Waals surface area (Å²) < 4.78 is 41.5. The molecule has 0 saturated heterocycles. The van der Waals surface area contributed by atoms with Crippen molar-refractivity contribution in [1.82, 2.24) is 14.7 Å². The van der Waals surface area contributed by atoms with Crippen molar-refractivity contribution in [3.8, 4) is 0 Å². The van der Waals surface area contributed by atoms with E-state index in [1.807, 2.05) is 0 Å². The number of pyridine rings is 1. The largest absolute Gasteiger partial charge is 0.411 e. The molecule has 2 aromatic rings. The van der Waals surface area contributed by atoms with Gasteiger partial charge in [-0.05, 0) is 18.6 Å². The van der Waals surface area contributed by atoms with Crippen LogP contribution in [0.2, 0.25) is 5.15 Å². The van der Waals surface area contributed by atoms with Gasteiger partial charge in [-0.3, -0.25) is 9.20 Å². The zero-order chi connectivity index (χ0) is 16.2. The van der Waals surface area contributed by atoms with Gasteiger partial charge in [0.25, 0.3) is 5.91 Å². The van der Waals surface area contributed by atoms with Crippen LogP contribution in [0, 0.1) is 0 Å². The molecule has 0 aliphatic rings. The van der Waals surface area contributed by atoms with Crippen molar-refractivity contribution < 1.29 is 22.7 Å². The number of nitrogens with one attached hydrogen (secondary N) is 1. The third-order valence-electron chi connectivity index (χ3n) is 2.72. The van der Waals surface area contributed by atoms with E-state index in [0.717, 1.165) is 0 Å². The molecule has 0 radical (unpaired) electrons. The molecule has 2 aromatic heterocycles. The second-order valence-electron chi connectivity index (χ2n) is 4.46. The van der Waals surface area contributed by atoms with Crippen LogP contribution in [0.25, 0.3) is 5.65 Å². The summed E-state index contributed by atoms with van der Waals surface area (Å²) in [6.07, 6.45) is -2.43. The lowest BCUT2D eigenvalue weighted by Crippen LogP contribution is -2.27. The number of aromatic nitrogens is 2. The molecule has 0 unspecified atom stereocenters. The van der Waals surface area contributed by atoms with Gasteiger partial charge in [0, 0.05) is 19.3 Å². The molecule has 1 amide bonds. The van der Waals surface area contributed by atoms with E-state index in [1.165, 1.54) is 4.40 Å². The summed E-state index contributed by atoms with van der Waals surface area (Å²) in [6, 6.07) is 5.19. The van der Waals surface area contributed by atoms with Gasteiger partial charge < -0.3 is 10.1 Å². The molecule has 0 aliphatic heterocycles. The van der Waals surface area contributed by atoms with E-state index in [2.05, 4.69) is 15.0 Å².